The molecule has 1 aliphatic rings. The minimum atomic E-state index is -4.61. The monoisotopic (exact) mass is 348 g/mol. The molecule has 1 heterocycles. The molecule has 1 N–H and O–H groups in total. The molecule has 0 atom stereocenters. The summed E-state index contributed by atoms with van der Waals surface area (Å²) in [6.07, 6.45) is -5.14. The van der Waals surface area contributed by atoms with Crippen LogP contribution in [0.5, 0.6) is 0 Å². The van der Waals surface area contributed by atoms with Gasteiger partial charge >= 0.3 is 6.18 Å². The summed E-state index contributed by atoms with van der Waals surface area (Å²) in [5.41, 5.74) is -2.35. The molecule has 18 heavy (non-hydrogen) atoms. The van der Waals surface area contributed by atoms with Crippen molar-refractivity contribution in [1.82, 2.24) is 19.7 Å². The molecule has 0 aliphatic heterocycles. The Morgan fingerprint density at radius 3 is 2.33 bits per heavy atom. The van der Waals surface area contributed by atoms with E-state index in [-0.39, 0.29) is 17.4 Å². The molecule has 11 heteroatoms. The molecule has 1 aromatic heterocycles. The Kier molecular flexibility index (Phi) is 2.98. The van der Waals surface area contributed by atoms with E-state index in [1.807, 2.05) is 0 Å². The van der Waals surface area contributed by atoms with Crippen LogP contribution in [0.25, 0.3) is 0 Å². The zero-order chi connectivity index (χ0) is 13.8. The van der Waals surface area contributed by atoms with E-state index in [0.717, 1.165) is 4.68 Å². The summed E-state index contributed by atoms with van der Waals surface area (Å²) < 4.78 is 64.3. The first kappa shape index (κ1) is 13.7. The van der Waals surface area contributed by atoms with Crippen LogP contribution in [0, 0.1) is 0 Å². The van der Waals surface area contributed by atoms with Gasteiger partial charge < -0.3 is 0 Å². The Bertz CT molecular complexity index is 559. The maximum Gasteiger partial charge on any atom is 0.407 e. The molecule has 6 nitrogen and oxygen atoms in total. The summed E-state index contributed by atoms with van der Waals surface area (Å²) in [7, 11) is -3.06. The lowest BCUT2D eigenvalue weighted by Crippen LogP contribution is -2.48. The standard InChI is InChI=1S/C7H8BrF3N4O2S/c1-15-5(4(8)12-14-15)18(16,17)13-6(2-3-6)7(9,10)11/h13H,2-3H2,1H3. The number of nitrogens with zero attached hydrogens (tertiary/aromatic N) is 3. The Morgan fingerprint density at radius 1 is 1.44 bits per heavy atom. The lowest BCUT2D eigenvalue weighted by molar-refractivity contribution is -0.160. The van der Waals surface area contributed by atoms with Crippen LogP contribution in [0.4, 0.5) is 13.2 Å². The summed E-state index contributed by atoms with van der Waals surface area (Å²) in [5.74, 6) is 0. The van der Waals surface area contributed by atoms with Crippen LogP contribution in [0.15, 0.2) is 9.63 Å². The molecule has 0 amide bonds. The summed E-state index contributed by atoms with van der Waals surface area (Å²) in [6, 6.07) is 0. The molecule has 102 valence electrons. The molecule has 0 unspecified atom stereocenters. The van der Waals surface area contributed by atoms with Gasteiger partial charge in [-0.15, -0.1) is 5.10 Å². The summed E-state index contributed by atoms with van der Waals surface area (Å²) >= 11 is 2.84. The Labute approximate surface area is 109 Å². The third-order valence-corrected chi connectivity index (χ3v) is 5.04. The third-order valence-electron chi connectivity index (χ3n) is 2.61. The van der Waals surface area contributed by atoms with Crippen molar-refractivity contribution in [1.29, 1.82) is 0 Å². The molecule has 1 fully saturated rings. The third kappa shape index (κ3) is 2.14. The highest BCUT2D eigenvalue weighted by molar-refractivity contribution is 9.10. The van der Waals surface area contributed by atoms with E-state index in [1.54, 1.807) is 4.72 Å². The van der Waals surface area contributed by atoms with E-state index in [4.69, 9.17) is 0 Å². The lowest BCUT2D eigenvalue weighted by Gasteiger charge is -2.20. The summed E-state index contributed by atoms with van der Waals surface area (Å²) in [6.45, 7) is 0. The van der Waals surface area contributed by atoms with Crippen LogP contribution in [-0.4, -0.2) is 35.1 Å². The van der Waals surface area contributed by atoms with Gasteiger partial charge in [-0.2, -0.15) is 17.9 Å². The second kappa shape index (κ2) is 3.90. The van der Waals surface area contributed by atoms with Gasteiger partial charge in [-0.1, -0.05) is 5.21 Å². The topological polar surface area (TPSA) is 76.9 Å². The lowest BCUT2D eigenvalue weighted by atomic mass is 10.3. The first-order valence-corrected chi connectivity index (χ1v) is 7.03. The fourth-order valence-electron chi connectivity index (χ4n) is 1.48. The fourth-order valence-corrected chi connectivity index (χ4v) is 4.03. The molecular formula is C7H8BrF3N4O2S. The quantitative estimate of drug-likeness (QED) is 0.882. The maximum atomic E-state index is 12.7. The van der Waals surface area contributed by atoms with E-state index >= 15 is 0 Å². The van der Waals surface area contributed by atoms with Crippen molar-refractivity contribution < 1.29 is 21.6 Å². The van der Waals surface area contributed by atoms with Crippen LogP contribution in [0.1, 0.15) is 12.8 Å². The molecule has 2 rings (SSSR count). The predicted octanol–water partition coefficient (Wildman–Crippen LogP) is 0.951. The molecule has 1 aliphatic carbocycles. The second-order valence-electron chi connectivity index (χ2n) is 3.99. The van der Waals surface area contributed by atoms with Crippen molar-refractivity contribution in [2.75, 3.05) is 0 Å². The van der Waals surface area contributed by atoms with Gasteiger partial charge in [0.2, 0.25) is 5.03 Å². The molecule has 1 aromatic rings. The SMILES string of the molecule is Cn1nnc(Br)c1S(=O)(=O)NC1(C(F)(F)F)CC1. The van der Waals surface area contributed by atoms with Crippen LogP contribution in [-0.2, 0) is 17.1 Å². The van der Waals surface area contributed by atoms with Gasteiger partial charge in [0.15, 0.2) is 4.60 Å². The minimum Gasteiger partial charge on any atom is -0.235 e. The number of nitrogens with one attached hydrogen (secondary N) is 1. The molecule has 1 saturated carbocycles. The number of aromatic nitrogens is 3. The van der Waals surface area contributed by atoms with Crippen molar-refractivity contribution in [3.63, 3.8) is 0 Å². The highest BCUT2D eigenvalue weighted by Crippen LogP contribution is 2.49. The molecule has 0 spiro atoms. The largest absolute Gasteiger partial charge is 0.407 e. The van der Waals surface area contributed by atoms with Gasteiger partial charge in [-0.25, -0.2) is 13.1 Å². The number of hydrogen-bond donors (Lipinski definition) is 1. The highest BCUT2D eigenvalue weighted by atomic mass is 79.9. The first-order chi connectivity index (χ1) is 8.09. The first-order valence-electron chi connectivity index (χ1n) is 4.75. The zero-order valence-electron chi connectivity index (χ0n) is 8.99. The van der Waals surface area contributed by atoms with Crippen LogP contribution < -0.4 is 4.72 Å². The van der Waals surface area contributed by atoms with Gasteiger partial charge in [0.1, 0.15) is 5.54 Å². The van der Waals surface area contributed by atoms with Crippen LogP contribution >= 0.6 is 15.9 Å². The average Bonchev–Trinajstić information content (AvgIpc) is 2.86. The predicted molar refractivity (Wildman–Crippen MR) is 57.0 cm³/mol. The number of sulfonamides is 1. The van der Waals surface area contributed by atoms with E-state index in [9.17, 15) is 21.6 Å². The number of alkyl halides is 3. The van der Waals surface area contributed by atoms with E-state index in [0.29, 0.717) is 0 Å². The van der Waals surface area contributed by atoms with Gasteiger partial charge in [-0.3, -0.25) is 0 Å². The molecule has 0 radical (unpaired) electrons. The van der Waals surface area contributed by atoms with Crippen molar-refractivity contribution in [2.45, 2.75) is 29.6 Å². The molecule has 0 saturated heterocycles. The second-order valence-corrected chi connectivity index (χ2v) is 6.34. The number of halogens is 4. The van der Waals surface area contributed by atoms with Crippen molar-refractivity contribution in [3.05, 3.63) is 4.60 Å². The normalized spacial score (nSPS) is 18.9. The maximum absolute atomic E-state index is 12.7. The number of hydrogen-bond acceptors (Lipinski definition) is 4. The van der Waals surface area contributed by atoms with Crippen molar-refractivity contribution in [3.8, 4) is 0 Å². The van der Waals surface area contributed by atoms with Crippen LogP contribution in [0.3, 0.4) is 0 Å². The van der Waals surface area contributed by atoms with Gasteiger partial charge in [-0.05, 0) is 28.8 Å². The highest BCUT2D eigenvalue weighted by Gasteiger charge is 2.65. The summed E-state index contributed by atoms with van der Waals surface area (Å²) in [4.78, 5) is 0. The zero-order valence-corrected chi connectivity index (χ0v) is 11.4. The fraction of sp³-hybridized carbons (Fsp3) is 0.714. The Morgan fingerprint density at radius 2 is 2.00 bits per heavy atom. The molecular weight excluding hydrogens is 341 g/mol. The van der Waals surface area contributed by atoms with Crippen LogP contribution in [0.2, 0.25) is 0 Å². The molecule has 0 bridgehead atoms. The molecule has 0 aromatic carbocycles. The van der Waals surface area contributed by atoms with Gasteiger partial charge in [0.05, 0.1) is 0 Å². The van der Waals surface area contributed by atoms with E-state index < -0.39 is 26.8 Å². The van der Waals surface area contributed by atoms with Crippen molar-refractivity contribution >= 4 is 26.0 Å². The van der Waals surface area contributed by atoms with E-state index in [2.05, 4.69) is 26.2 Å². The summed E-state index contributed by atoms with van der Waals surface area (Å²) in [5, 5.41) is 6.41. The Balaban J connectivity index is 2.35. The van der Waals surface area contributed by atoms with Gasteiger partial charge in [0, 0.05) is 7.05 Å². The average molecular weight is 349 g/mol. The number of rotatable bonds is 3. The van der Waals surface area contributed by atoms with Crippen molar-refractivity contribution in [2.24, 2.45) is 7.05 Å². The van der Waals surface area contributed by atoms with Gasteiger partial charge in [0.25, 0.3) is 10.0 Å². The minimum absolute atomic E-state index is 0.129. The number of aryl methyl sites for hydroxylation is 1. The van der Waals surface area contributed by atoms with E-state index in [1.165, 1.54) is 7.05 Å². The smallest absolute Gasteiger partial charge is 0.235 e. The Hall–Kier alpha value is -0.680.